The molecule has 0 N–H and O–H groups in total. The van der Waals surface area contributed by atoms with Gasteiger partial charge in [-0.15, -0.1) is 0 Å². The number of hydrogen-bond donors (Lipinski definition) is 0. The van der Waals surface area contributed by atoms with E-state index < -0.39 is 10.0 Å². The Morgan fingerprint density at radius 2 is 1.90 bits per heavy atom. The van der Waals surface area contributed by atoms with Crippen molar-refractivity contribution in [1.82, 2.24) is 4.31 Å². The predicted molar refractivity (Wildman–Crippen MR) is 78.5 cm³/mol. The number of sulfonamides is 1. The summed E-state index contributed by atoms with van der Waals surface area (Å²) in [4.78, 5) is 0.196. The average molecular weight is 312 g/mol. The Balaban J connectivity index is 2.81. The first kappa shape index (κ1) is 17.4. The highest BCUT2D eigenvalue weighted by Crippen LogP contribution is 2.19. The topological polar surface area (TPSA) is 79.6 Å². The molecule has 6 nitrogen and oxygen atoms in total. The van der Waals surface area contributed by atoms with E-state index in [0.717, 1.165) is 0 Å². The number of hydrogen-bond acceptors (Lipinski definition) is 5. The van der Waals surface area contributed by atoms with Crippen molar-refractivity contribution in [1.29, 1.82) is 5.26 Å². The zero-order chi connectivity index (χ0) is 15.7. The Morgan fingerprint density at radius 1 is 1.24 bits per heavy atom. The molecule has 0 unspecified atom stereocenters. The number of ether oxygens (including phenoxy) is 2. The van der Waals surface area contributed by atoms with Crippen molar-refractivity contribution in [3.63, 3.8) is 0 Å². The van der Waals surface area contributed by atoms with Crippen LogP contribution in [-0.4, -0.2) is 46.1 Å². The molecule has 116 valence electrons. The van der Waals surface area contributed by atoms with E-state index in [1.54, 1.807) is 26.2 Å². The smallest absolute Gasteiger partial charge is 0.243 e. The van der Waals surface area contributed by atoms with Gasteiger partial charge in [0, 0.05) is 26.6 Å². The third-order valence-corrected chi connectivity index (χ3v) is 4.83. The van der Waals surface area contributed by atoms with Crippen LogP contribution in [0.2, 0.25) is 0 Å². The number of nitriles is 1. The summed E-state index contributed by atoms with van der Waals surface area (Å²) in [5.41, 5.74) is 0. The number of nitrogens with zero attached hydrogens (tertiary/aromatic N) is 2. The quantitative estimate of drug-likeness (QED) is 0.648. The minimum atomic E-state index is -3.56. The van der Waals surface area contributed by atoms with Gasteiger partial charge >= 0.3 is 0 Å². The lowest BCUT2D eigenvalue weighted by molar-refractivity contribution is 0.146. The van der Waals surface area contributed by atoms with E-state index in [1.807, 2.05) is 6.07 Å². The van der Waals surface area contributed by atoms with Crippen molar-refractivity contribution in [2.24, 2.45) is 0 Å². The molecule has 0 saturated carbocycles. The first-order valence-electron chi connectivity index (χ1n) is 6.65. The van der Waals surface area contributed by atoms with Gasteiger partial charge in [0.25, 0.3) is 0 Å². The van der Waals surface area contributed by atoms with Crippen molar-refractivity contribution in [2.45, 2.75) is 18.2 Å². The predicted octanol–water partition coefficient (Wildman–Crippen LogP) is 1.64. The zero-order valence-corrected chi connectivity index (χ0v) is 13.1. The molecular formula is C14H20N2O4S. The average Bonchev–Trinajstić information content (AvgIpc) is 2.48. The molecule has 0 radical (unpaired) electrons. The van der Waals surface area contributed by atoms with Gasteiger partial charge in [-0.25, -0.2) is 8.42 Å². The Labute approximate surface area is 125 Å². The number of rotatable bonds is 9. The minimum absolute atomic E-state index is 0.172. The van der Waals surface area contributed by atoms with Crippen molar-refractivity contribution in [2.75, 3.05) is 33.4 Å². The molecule has 0 saturated heterocycles. The van der Waals surface area contributed by atoms with Gasteiger partial charge in [-0.1, -0.05) is 6.92 Å². The summed E-state index contributed by atoms with van der Waals surface area (Å²) < 4.78 is 36.3. The fraction of sp³-hybridized carbons (Fsp3) is 0.500. The van der Waals surface area contributed by atoms with Crippen LogP contribution in [0, 0.1) is 11.3 Å². The summed E-state index contributed by atoms with van der Waals surface area (Å²) in [6.07, 6.45) is 0.172. The van der Waals surface area contributed by atoms with E-state index in [0.29, 0.717) is 25.5 Å². The molecular weight excluding hydrogens is 292 g/mol. The summed E-state index contributed by atoms with van der Waals surface area (Å²) >= 11 is 0. The molecule has 0 aromatic heterocycles. The molecule has 0 aliphatic rings. The lowest BCUT2D eigenvalue weighted by Crippen LogP contribution is -2.31. The summed E-state index contributed by atoms with van der Waals surface area (Å²) in [5.74, 6) is 0.589. The van der Waals surface area contributed by atoms with E-state index >= 15 is 0 Å². The van der Waals surface area contributed by atoms with Crippen LogP contribution in [0.1, 0.15) is 13.3 Å². The van der Waals surface area contributed by atoms with E-state index in [9.17, 15) is 8.42 Å². The molecule has 0 fully saturated rings. The SMILES string of the molecule is CCN(CCC#N)S(=O)(=O)c1ccc(OCCOC)cc1. The first-order valence-corrected chi connectivity index (χ1v) is 8.09. The highest BCUT2D eigenvalue weighted by atomic mass is 32.2. The maximum Gasteiger partial charge on any atom is 0.243 e. The molecule has 0 spiro atoms. The molecule has 0 atom stereocenters. The Kier molecular flexibility index (Phi) is 7.15. The standard InChI is InChI=1S/C14H20N2O4S/c1-3-16(10-4-9-15)21(17,18)14-7-5-13(6-8-14)20-12-11-19-2/h5-8H,3-4,10-12H2,1-2H3. The monoisotopic (exact) mass is 312 g/mol. The molecule has 1 aromatic rings. The molecule has 21 heavy (non-hydrogen) atoms. The highest BCUT2D eigenvalue weighted by molar-refractivity contribution is 7.89. The normalized spacial score (nSPS) is 11.3. The van der Waals surface area contributed by atoms with Gasteiger partial charge in [-0.05, 0) is 24.3 Å². The van der Waals surface area contributed by atoms with Crippen LogP contribution in [0.4, 0.5) is 0 Å². The Hall–Kier alpha value is -1.62. The van der Waals surface area contributed by atoms with Crippen molar-refractivity contribution in [3.8, 4) is 11.8 Å². The lowest BCUT2D eigenvalue weighted by atomic mass is 10.3. The summed E-state index contributed by atoms with van der Waals surface area (Å²) in [7, 11) is -1.98. The molecule has 0 aliphatic heterocycles. The van der Waals surface area contributed by atoms with E-state index in [1.165, 1.54) is 16.4 Å². The Bertz CT molecular complexity index is 564. The fourth-order valence-corrected chi connectivity index (χ4v) is 3.17. The summed E-state index contributed by atoms with van der Waals surface area (Å²) in [6, 6.07) is 8.19. The van der Waals surface area contributed by atoms with Crippen LogP contribution in [0.25, 0.3) is 0 Å². The van der Waals surface area contributed by atoms with Crippen LogP contribution >= 0.6 is 0 Å². The molecule has 0 heterocycles. The maximum absolute atomic E-state index is 12.4. The van der Waals surface area contributed by atoms with E-state index in [-0.39, 0.29) is 17.9 Å². The van der Waals surface area contributed by atoms with Gasteiger partial charge in [-0.3, -0.25) is 0 Å². The van der Waals surface area contributed by atoms with Gasteiger partial charge in [0.05, 0.1) is 17.6 Å². The fourth-order valence-electron chi connectivity index (χ4n) is 1.72. The third kappa shape index (κ3) is 5.01. The highest BCUT2D eigenvalue weighted by Gasteiger charge is 2.22. The lowest BCUT2D eigenvalue weighted by Gasteiger charge is -2.19. The van der Waals surface area contributed by atoms with Gasteiger partial charge in [0.1, 0.15) is 12.4 Å². The van der Waals surface area contributed by atoms with Crippen molar-refractivity contribution in [3.05, 3.63) is 24.3 Å². The first-order chi connectivity index (χ1) is 10.1. The second-order valence-electron chi connectivity index (χ2n) is 4.22. The number of benzene rings is 1. The van der Waals surface area contributed by atoms with E-state index in [4.69, 9.17) is 14.7 Å². The van der Waals surface area contributed by atoms with Gasteiger partial charge in [0.15, 0.2) is 0 Å². The van der Waals surface area contributed by atoms with Gasteiger partial charge in [-0.2, -0.15) is 9.57 Å². The minimum Gasteiger partial charge on any atom is -0.491 e. The van der Waals surface area contributed by atoms with Crippen LogP contribution in [-0.2, 0) is 14.8 Å². The second-order valence-corrected chi connectivity index (χ2v) is 6.16. The maximum atomic E-state index is 12.4. The summed E-state index contributed by atoms with van der Waals surface area (Å²) in [6.45, 7) is 3.15. The van der Waals surface area contributed by atoms with Crippen LogP contribution in [0.5, 0.6) is 5.75 Å². The molecule has 7 heteroatoms. The van der Waals surface area contributed by atoms with Crippen molar-refractivity contribution >= 4 is 10.0 Å². The van der Waals surface area contributed by atoms with Gasteiger partial charge < -0.3 is 9.47 Å². The van der Waals surface area contributed by atoms with Crippen LogP contribution in [0.3, 0.4) is 0 Å². The number of methoxy groups -OCH3 is 1. The largest absolute Gasteiger partial charge is 0.491 e. The molecule has 0 bridgehead atoms. The van der Waals surface area contributed by atoms with Crippen LogP contribution < -0.4 is 4.74 Å². The Morgan fingerprint density at radius 3 is 2.43 bits per heavy atom. The van der Waals surface area contributed by atoms with E-state index in [2.05, 4.69) is 0 Å². The molecule has 0 amide bonds. The zero-order valence-electron chi connectivity index (χ0n) is 12.3. The molecule has 0 aliphatic carbocycles. The van der Waals surface area contributed by atoms with Gasteiger partial charge in [0.2, 0.25) is 10.0 Å². The molecule has 1 aromatic carbocycles. The van der Waals surface area contributed by atoms with Crippen LogP contribution in [0.15, 0.2) is 29.2 Å². The molecule has 1 rings (SSSR count). The third-order valence-electron chi connectivity index (χ3n) is 2.84. The van der Waals surface area contributed by atoms with Crippen molar-refractivity contribution < 1.29 is 17.9 Å². The summed E-state index contributed by atoms with van der Waals surface area (Å²) in [5, 5.41) is 8.59. The second kappa shape index (κ2) is 8.62.